The zero-order valence-electron chi connectivity index (χ0n) is 13.7. The number of hydrogen-bond acceptors (Lipinski definition) is 6. The molecule has 25 heavy (non-hydrogen) atoms. The highest BCUT2D eigenvalue weighted by Gasteiger charge is 2.34. The highest BCUT2D eigenvalue weighted by atomic mass is 32.1. The quantitative estimate of drug-likeness (QED) is 0.712. The number of ether oxygens (including phenoxy) is 1. The lowest BCUT2D eigenvalue weighted by atomic mass is 10.2. The van der Waals surface area contributed by atoms with Crippen LogP contribution in [-0.4, -0.2) is 34.6 Å². The summed E-state index contributed by atoms with van der Waals surface area (Å²) in [7, 11) is 1.63. The summed E-state index contributed by atoms with van der Waals surface area (Å²) < 4.78 is 10.6. The van der Waals surface area contributed by atoms with E-state index in [1.54, 1.807) is 7.11 Å². The van der Waals surface area contributed by atoms with Gasteiger partial charge in [-0.2, -0.15) is 16.3 Å². The van der Waals surface area contributed by atoms with E-state index < -0.39 is 0 Å². The number of hydrogen-bond donors (Lipinski definition) is 0. The van der Waals surface area contributed by atoms with Crippen molar-refractivity contribution in [2.45, 2.75) is 18.9 Å². The Kier molecular flexibility index (Phi) is 4.23. The maximum absolute atomic E-state index is 12.7. The van der Waals surface area contributed by atoms with Crippen LogP contribution in [-0.2, 0) is 0 Å². The van der Waals surface area contributed by atoms with Crippen molar-refractivity contribution in [2.75, 3.05) is 13.7 Å². The summed E-state index contributed by atoms with van der Waals surface area (Å²) in [4.78, 5) is 19.0. The average molecular weight is 355 g/mol. The fourth-order valence-corrected chi connectivity index (χ4v) is 3.68. The van der Waals surface area contributed by atoms with Gasteiger partial charge in [0.2, 0.25) is 11.7 Å². The number of amides is 1. The minimum Gasteiger partial charge on any atom is -0.497 e. The highest BCUT2D eigenvalue weighted by Crippen LogP contribution is 2.33. The van der Waals surface area contributed by atoms with Gasteiger partial charge >= 0.3 is 0 Å². The molecule has 2 aromatic heterocycles. The van der Waals surface area contributed by atoms with Crippen molar-refractivity contribution in [1.82, 2.24) is 15.0 Å². The molecule has 0 aliphatic carbocycles. The van der Waals surface area contributed by atoms with E-state index in [0.717, 1.165) is 24.2 Å². The van der Waals surface area contributed by atoms with E-state index in [2.05, 4.69) is 10.1 Å². The van der Waals surface area contributed by atoms with Crippen molar-refractivity contribution in [3.8, 4) is 17.1 Å². The summed E-state index contributed by atoms with van der Waals surface area (Å²) in [6, 6.07) is 9.17. The van der Waals surface area contributed by atoms with Crippen LogP contribution in [0.15, 0.2) is 45.6 Å². The van der Waals surface area contributed by atoms with Crippen LogP contribution >= 0.6 is 11.3 Å². The Morgan fingerprint density at radius 2 is 2.16 bits per heavy atom. The fourth-order valence-electron chi connectivity index (χ4n) is 3.05. The smallest absolute Gasteiger partial charge is 0.255 e. The van der Waals surface area contributed by atoms with Crippen molar-refractivity contribution in [1.29, 1.82) is 0 Å². The molecule has 1 fully saturated rings. The highest BCUT2D eigenvalue weighted by molar-refractivity contribution is 7.08. The van der Waals surface area contributed by atoms with E-state index >= 15 is 0 Å². The van der Waals surface area contributed by atoms with Crippen molar-refractivity contribution in [3.05, 3.63) is 52.5 Å². The molecule has 1 amide bonds. The number of likely N-dealkylation sites (tertiary alicyclic amines) is 1. The van der Waals surface area contributed by atoms with Gasteiger partial charge in [0.15, 0.2) is 0 Å². The molecule has 1 saturated heterocycles. The van der Waals surface area contributed by atoms with Gasteiger partial charge in [0.25, 0.3) is 5.91 Å². The molecule has 1 aliphatic rings. The Hall–Kier alpha value is -2.67. The van der Waals surface area contributed by atoms with Crippen molar-refractivity contribution in [3.63, 3.8) is 0 Å². The number of carbonyl (C=O) groups is 1. The lowest BCUT2D eigenvalue weighted by molar-refractivity contribution is 0.0710. The first kappa shape index (κ1) is 15.8. The van der Waals surface area contributed by atoms with Crippen molar-refractivity contribution >= 4 is 17.2 Å². The fraction of sp³-hybridized carbons (Fsp3) is 0.278. The molecule has 0 N–H and O–H groups in total. The maximum Gasteiger partial charge on any atom is 0.255 e. The first-order valence-corrected chi connectivity index (χ1v) is 9.02. The van der Waals surface area contributed by atoms with E-state index in [9.17, 15) is 4.79 Å². The largest absolute Gasteiger partial charge is 0.497 e. The zero-order valence-corrected chi connectivity index (χ0v) is 14.5. The van der Waals surface area contributed by atoms with Crippen LogP contribution in [0.5, 0.6) is 5.75 Å². The van der Waals surface area contributed by atoms with Crippen LogP contribution in [0.2, 0.25) is 0 Å². The minimum absolute atomic E-state index is 0.0212. The van der Waals surface area contributed by atoms with Crippen molar-refractivity contribution < 1.29 is 14.1 Å². The molecule has 128 valence electrons. The SMILES string of the molecule is COc1ccc(-c2noc(C3CCCN3C(=O)c3ccsc3)n2)cc1. The number of thiophene rings is 1. The molecule has 0 saturated carbocycles. The number of carbonyl (C=O) groups excluding carboxylic acids is 1. The molecule has 7 heteroatoms. The Morgan fingerprint density at radius 1 is 1.32 bits per heavy atom. The molecule has 1 aliphatic heterocycles. The Balaban J connectivity index is 1.57. The number of rotatable bonds is 4. The monoisotopic (exact) mass is 355 g/mol. The lowest BCUT2D eigenvalue weighted by Crippen LogP contribution is -2.30. The summed E-state index contributed by atoms with van der Waals surface area (Å²) >= 11 is 1.52. The standard InChI is InChI=1S/C18H17N3O3S/c1-23-14-6-4-12(5-7-14)16-19-17(24-20-16)15-3-2-9-21(15)18(22)13-8-10-25-11-13/h4-8,10-11,15H,2-3,9H2,1H3. The summed E-state index contributed by atoms with van der Waals surface area (Å²) in [6.45, 7) is 0.708. The topological polar surface area (TPSA) is 68.5 Å². The van der Waals surface area contributed by atoms with Crippen LogP contribution in [0.4, 0.5) is 0 Å². The second-order valence-electron chi connectivity index (χ2n) is 5.85. The number of aromatic nitrogens is 2. The third kappa shape index (κ3) is 3.02. The van der Waals surface area contributed by atoms with Gasteiger partial charge in [0.05, 0.1) is 12.7 Å². The molecule has 1 aromatic carbocycles. The van der Waals surface area contributed by atoms with Gasteiger partial charge < -0.3 is 14.2 Å². The van der Waals surface area contributed by atoms with Gasteiger partial charge in [-0.05, 0) is 48.6 Å². The zero-order chi connectivity index (χ0) is 17.2. The molecule has 1 atom stereocenters. The molecule has 0 bridgehead atoms. The number of nitrogens with zero attached hydrogens (tertiary/aromatic N) is 3. The van der Waals surface area contributed by atoms with Gasteiger partial charge in [-0.25, -0.2) is 0 Å². The lowest BCUT2D eigenvalue weighted by Gasteiger charge is -2.21. The molecule has 1 unspecified atom stereocenters. The summed E-state index contributed by atoms with van der Waals surface area (Å²) in [6.07, 6.45) is 1.76. The first-order chi connectivity index (χ1) is 12.3. The normalized spacial score (nSPS) is 17.0. The van der Waals surface area contributed by atoms with Crippen LogP contribution in [0, 0.1) is 0 Å². The molecule has 4 rings (SSSR count). The van der Waals surface area contributed by atoms with Crippen LogP contribution < -0.4 is 4.74 Å². The van der Waals surface area contributed by atoms with E-state index in [0.29, 0.717) is 23.8 Å². The van der Waals surface area contributed by atoms with E-state index in [1.165, 1.54) is 11.3 Å². The third-order valence-corrected chi connectivity index (χ3v) is 5.04. The Bertz CT molecular complexity index is 858. The average Bonchev–Trinajstić information content (AvgIpc) is 3.42. The molecular weight excluding hydrogens is 338 g/mol. The van der Waals surface area contributed by atoms with Gasteiger partial charge in [-0.1, -0.05) is 5.16 Å². The predicted molar refractivity (Wildman–Crippen MR) is 93.6 cm³/mol. The van der Waals surface area contributed by atoms with Crippen LogP contribution in [0.1, 0.15) is 35.1 Å². The third-order valence-electron chi connectivity index (χ3n) is 4.36. The molecule has 0 radical (unpaired) electrons. The molecule has 0 spiro atoms. The number of methoxy groups -OCH3 is 1. The molecular formula is C18H17N3O3S. The second kappa shape index (κ2) is 6.68. The first-order valence-electron chi connectivity index (χ1n) is 8.07. The second-order valence-corrected chi connectivity index (χ2v) is 6.63. The molecule has 3 aromatic rings. The van der Waals surface area contributed by atoms with E-state index in [-0.39, 0.29) is 11.9 Å². The maximum atomic E-state index is 12.7. The van der Waals surface area contributed by atoms with E-state index in [4.69, 9.17) is 9.26 Å². The van der Waals surface area contributed by atoms with Gasteiger partial charge in [0.1, 0.15) is 11.8 Å². The van der Waals surface area contributed by atoms with Gasteiger partial charge in [-0.3, -0.25) is 4.79 Å². The Morgan fingerprint density at radius 3 is 2.88 bits per heavy atom. The van der Waals surface area contributed by atoms with Gasteiger partial charge in [-0.15, -0.1) is 0 Å². The van der Waals surface area contributed by atoms with Crippen LogP contribution in [0.25, 0.3) is 11.4 Å². The van der Waals surface area contributed by atoms with Crippen LogP contribution in [0.3, 0.4) is 0 Å². The Labute approximate surface area is 149 Å². The predicted octanol–water partition coefficient (Wildman–Crippen LogP) is 3.78. The summed E-state index contributed by atoms with van der Waals surface area (Å²) in [5, 5.41) is 7.86. The van der Waals surface area contributed by atoms with Crippen molar-refractivity contribution in [2.24, 2.45) is 0 Å². The summed E-state index contributed by atoms with van der Waals surface area (Å²) in [5.41, 5.74) is 1.57. The molecule has 6 nitrogen and oxygen atoms in total. The molecule has 3 heterocycles. The van der Waals surface area contributed by atoms with E-state index in [1.807, 2.05) is 46.0 Å². The van der Waals surface area contributed by atoms with Gasteiger partial charge in [0, 0.05) is 17.5 Å². The summed E-state index contributed by atoms with van der Waals surface area (Å²) in [5.74, 6) is 1.81. The number of benzene rings is 1. The minimum atomic E-state index is -0.160.